The average molecular weight is 590 g/mol. The van der Waals surface area contributed by atoms with Gasteiger partial charge >= 0.3 is 12.1 Å². The Morgan fingerprint density at radius 1 is 1.12 bits per heavy atom. The van der Waals surface area contributed by atoms with E-state index in [1.807, 2.05) is 6.92 Å². The van der Waals surface area contributed by atoms with Crippen LogP contribution in [0.3, 0.4) is 0 Å². The maximum absolute atomic E-state index is 13.8. The summed E-state index contributed by atoms with van der Waals surface area (Å²) in [6, 6.07) is 9.91. The minimum absolute atomic E-state index is 0.00301. The van der Waals surface area contributed by atoms with Crippen LogP contribution in [0.15, 0.2) is 77.5 Å². The van der Waals surface area contributed by atoms with E-state index in [-0.39, 0.29) is 41.1 Å². The van der Waals surface area contributed by atoms with Gasteiger partial charge in [0.1, 0.15) is 5.75 Å². The lowest BCUT2D eigenvalue weighted by Gasteiger charge is -2.44. The molecule has 2 N–H and O–H groups in total. The Morgan fingerprint density at radius 2 is 1.80 bits per heavy atom. The van der Waals surface area contributed by atoms with Crippen LogP contribution in [-0.2, 0) is 10.0 Å². The number of rotatable bonds is 6. The standard InChI is InChI=1S/C28H23F4N3O5S/c1-27(10-8-18(28(30,31)32)12-23(27)16-2-4-17(5-3-16)25(36)37)22-9-11-40-24-13-20(6-7-21(22)24)41(38,39)35-26-33-14-19(29)15-34-26/h2-8,12-15,22H,9-11H2,1H3,(H,36,37)(H,33,34,35)/t22-,27?/m1/s1. The first-order valence-corrected chi connectivity index (χ1v) is 13.9. The zero-order chi connectivity index (χ0) is 29.6. The molecule has 41 heavy (non-hydrogen) atoms. The van der Waals surface area contributed by atoms with Crippen LogP contribution in [0.1, 0.15) is 47.2 Å². The Bertz CT molecular complexity index is 1670. The number of aromatic nitrogens is 2. The number of halogens is 4. The summed E-state index contributed by atoms with van der Waals surface area (Å²) in [5.41, 5.74) is -0.221. The number of hydrogen-bond acceptors (Lipinski definition) is 6. The highest BCUT2D eigenvalue weighted by atomic mass is 32.2. The Labute approximate surface area is 232 Å². The molecule has 0 saturated heterocycles. The maximum Gasteiger partial charge on any atom is 0.416 e. The summed E-state index contributed by atoms with van der Waals surface area (Å²) in [6.45, 7) is 2.03. The van der Waals surface area contributed by atoms with Crippen LogP contribution in [0.25, 0.3) is 5.57 Å². The van der Waals surface area contributed by atoms with Gasteiger partial charge < -0.3 is 9.84 Å². The first-order chi connectivity index (χ1) is 19.3. The van der Waals surface area contributed by atoms with Crippen LogP contribution in [0.2, 0.25) is 0 Å². The van der Waals surface area contributed by atoms with E-state index in [0.29, 0.717) is 23.1 Å². The third-order valence-electron chi connectivity index (χ3n) is 7.38. The molecule has 8 nitrogen and oxygen atoms in total. The highest BCUT2D eigenvalue weighted by molar-refractivity contribution is 7.92. The second kappa shape index (κ2) is 10.3. The number of carboxylic acids is 1. The van der Waals surface area contributed by atoms with E-state index in [4.69, 9.17) is 4.74 Å². The number of anilines is 1. The number of hydrogen-bond donors (Lipinski definition) is 2. The summed E-state index contributed by atoms with van der Waals surface area (Å²) < 4.78 is 88.3. The van der Waals surface area contributed by atoms with Crippen molar-refractivity contribution in [3.8, 4) is 5.75 Å². The molecule has 1 aromatic heterocycles. The zero-order valence-electron chi connectivity index (χ0n) is 21.4. The molecule has 0 amide bonds. The molecule has 1 unspecified atom stereocenters. The van der Waals surface area contributed by atoms with Crippen molar-refractivity contribution in [1.82, 2.24) is 9.97 Å². The molecule has 2 aliphatic rings. The van der Waals surface area contributed by atoms with Gasteiger partial charge in [0.2, 0.25) is 5.95 Å². The summed E-state index contributed by atoms with van der Waals surface area (Å²) in [5, 5.41) is 9.27. The number of nitrogens with zero attached hydrogens (tertiary/aromatic N) is 2. The zero-order valence-corrected chi connectivity index (χ0v) is 22.3. The van der Waals surface area contributed by atoms with E-state index in [1.165, 1.54) is 36.4 Å². The van der Waals surface area contributed by atoms with Gasteiger partial charge in [-0.25, -0.2) is 32.3 Å². The molecule has 0 radical (unpaired) electrons. The van der Waals surface area contributed by atoms with Gasteiger partial charge in [-0.15, -0.1) is 0 Å². The van der Waals surface area contributed by atoms with Crippen LogP contribution in [-0.4, -0.2) is 42.2 Å². The topological polar surface area (TPSA) is 118 Å². The van der Waals surface area contributed by atoms with Crippen LogP contribution in [0.4, 0.5) is 23.5 Å². The van der Waals surface area contributed by atoms with Crippen LogP contribution in [0, 0.1) is 11.2 Å². The number of alkyl halides is 3. The van der Waals surface area contributed by atoms with Gasteiger partial charge in [-0.1, -0.05) is 31.2 Å². The quantitative estimate of drug-likeness (QED) is 0.341. The van der Waals surface area contributed by atoms with E-state index >= 15 is 0 Å². The average Bonchev–Trinajstić information content (AvgIpc) is 2.93. The van der Waals surface area contributed by atoms with Crippen molar-refractivity contribution in [3.05, 3.63) is 95.1 Å². The molecule has 13 heteroatoms. The van der Waals surface area contributed by atoms with Gasteiger partial charge in [-0.2, -0.15) is 13.2 Å². The second-order valence-corrected chi connectivity index (χ2v) is 11.6. The largest absolute Gasteiger partial charge is 0.493 e. The van der Waals surface area contributed by atoms with E-state index in [2.05, 4.69) is 14.7 Å². The van der Waals surface area contributed by atoms with Gasteiger partial charge in [0.15, 0.2) is 5.82 Å². The molecule has 0 spiro atoms. The minimum Gasteiger partial charge on any atom is -0.493 e. The fourth-order valence-corrected chi connectivity index (χ4v) is 6.26. The van der Waals surface area contributed by atoms with E-state index in [1.54, 1.807) is 6.07 Å². The van der Waals surface area contributed by atoms with Crippen molar-refractivity contribution in [2.45, 2.75) is 36.8 Å². The number of sulfonamides is 1. The van der Waals surface area contributed by atoms with E-state index in [9.17, 15) is 35.9 Å². The van der Waals surface area contributed by atoms with Gasteiger partial charge in [0, 0.05) is 17.4 Å². The van der Waals surface area contributed by atoms with Gasteiger partial charge in [0.25, 0.3) is 10.0 Å². The lowest BCUT2D eigenvalue weighted by molar-refractivity contribution is -0.0888. The summed E-state index contributed by atoms with van der Waals surface area (Å²) in [4.78, 5) is 18.4. The molecular formula is C28H23F4N3O5S. The van der Waals surface area contributed by atoms with Crippen molar-refractivity contribution in [1.29, 1.82) is 0 Å². The fourth-order valence-electron chi connectivity index (χ4n) is 5.29. The molecule has 1 aliphatic heterocycles. The highest BCUT2D eigenvalue weighted by Crippen LogP contribution is 2.56. The first-order valence-electron chi connectivity index (χ1n) is 12.4. The predicted octanol–water partition coefficient (Wildman–Crippen LogP) is 5.96. The summed E-state index contributed by atoms with van der Waals surface area (Å²) in [5.74, 6) is -2.32. The van der Waals surface area contributed by atoms with E-state index < -0.39 is 39.0 Å². The molecule has 5 rings (SSSR count). The Kier molecular flexibility index (Phi) is 7.10. The lowest BCUT2D eigenvalue weighted by Crippen LogP contribution is -2.33. The number of fused-ring (bicyclic) bond motifs is 1. The minimum atomic E-state index is -4.58. The van der Waals surface area contributed by atoms with Gasteiger partial charge in [0.05, 0.1) is 35.0 Å². The molecular weight excluding hydrogens is 566 g/mol. The Balaban J connectivity index is 1.53. The summed E-state index contributed by atoms with van der Waals surface area (Å²) in [7, 11) is -4.18. The molecule has 2 aromatic carbocycles. The number of nitrogens with one attached hydrogen (secondary N) is 1. The Hall–Kier alpha value is -4.26. The lowest BCUT2D eigenvalue weighted by atomic mass is 9.61. The molecule has 2 heterocycles. The molecule has 3 aromatic rings. The fraction of sp³-hybridized carbons (Fsp3) is 0.250. The van der Waals surface area contributed by atoms with Crippen molar-refractivity contribution in [3.63, 3.8) is 0 Å². The van der Waals surface area contributed by atoms with Crippen molar-refractivity contribution < 1.29 is 40.6 Å². The van der Waals surface area contributed by atoms with Crippen molar-refractivity contribution >= 4 is 27.5 Å². The van der Waals surface area contributed by atoms with E-state index in [0.717, 1.165) is 24.5 Å². The van der Waals surface area contributed by atoms with Crippen LogP contribution in [0.5, 0.6) is 5.75 Å². The second-order valence-electron chi connectivity index (χ2n) is 9.94. The summed E-state index contributed by atoms with van der Waals surface area (Å²) in [6.07, 6.45) is -0.231. The normalized spacial score (nSPS) is 20.8. The number of carboxylic acid groups (broad SMARTS) is 1. The van der Waals surface area contributed by atoms with Crippen molar-refractivity contribution in [2.75, 3.05) is 11.3 Å². The SMILES string of the molecule is CC1([C@@H]2CCOc3cc(S(=O)(=O)Nc4ncc(F)cn4)ccc32)CC=C(C(F)(F)F)C=C1c1ccc(C(=O)O)cc1. The third kappa shape index (κ3) is 5.53. The molecule has 214 valence electrons. The van der Waals surface area contributed by atoms with Crippen molar-refractivity contribution in [2.24, 2.45) is 5.41 Å². The monoisotopic (exact) mass is 589 g/mol. The number of benzene rings is 2. The number of allylic oxidation sites excluding steroid dienone is 4. The number of carbonyl (C=O) groups is 1. The molecule has 2 atom stereocenters. The smallest absolute Gasteiger partial charge is 0.416 e. The molecule has 1 aliphatic carbocycles. The highest BCUT2D eigenvalue weighted by Gasteiger charge is 2.45. The van der Waals surface area contributed by atoms with Crippen LogP contribution >= 0.6 is 0 Å². The third-order valence-corrected chi connectivity index (χ3v) is 8.71. The molecule has 0 fully saturated rings. The number of aromatic carboxylic acids is 1. The first kappa shape index (κ1) is 28.3. The van der Waals surface area contributed by atoms with Gasteiger partial charge in [-0.3, -0.25) is 0 Å². The van der Waals surface area contributed by atoms with Crippen LogP contribution < -0.4 is 9.46 Å². The Morgan fingerprint density at radius 3 is 2.44 bits per heavy atom. The van der Waals surface area contributed by atoms with Gasteiger partial charge in [-0.05, 0) is 53.8 Å². The molecule has 0 bridgehead atoms. The maximum atomic E-state index is 13.8. The number of ether oxygens (including phenoxy) is 1. The molecule has 0 saturated carbocycles. The summed E-state index contributed by atoms with van der Waals surface area (Å²) >= 11 is 0. The predicted molar refractivity (Wildman–Crippen MR) is 140 cm³/mol.